The number of hydrogen-bond donors (Lipinski definition) is 0. The van der Waals surface area contributed by atoms with E-state index in [9.17, 15) is 4.79 Å². The Kier molecular flexibility index (Phi) is 4.38. The zero-order valence-electron chi connectivity index (χ0n) is 10.9. The van der Waals surface area contributed by atoms with Crippen molar-refractivity contribution < 1.29 is 4.79 Å². The summed E-state index contributed by atoms with van der Waals surface area (Å²) in [7, 11) is 0. The average molecular weight is 250 g/mol. The van der Waals surface area contributed by atoms with E-state index < -0.39 is 0 Å². The van der Waals surface area contributed by atoms with E-state index in [0.717, 1.165) is 30.1 Å². The van der Waals surface area contributed by atoms with Crippen LogP contribution in [0.5, 0.6) is 0 Å². The molecule has 0 atom stereocenters. The van der Waals surface area contributed by atoms with Crippen molar-refractivity contribution in [2.75, 3.05) is 0 Å². The van der Waals surface area contributed by atoms with Crippen molar-refractivity contribution >= 4 is 17.1 Å². The number of rotatable bonds is 4. The SMILES string of the molecule is CCc1ccc(C(=O)C2CCC(CC)CC2)s1. The predicted octanol–water partition coefficient (Wildman–Crippen LogP) is 4.71. The van der Waals surface area contributed by atoms with Gasteiger partial charge in [0.1, 0.15) is 0 Å². The molecule has 1 nitrogen and oxygen atoms in total. The topological polar surface area (TPSA) is 17.1 Å². The molecule has 1 aromatic heterocycles. The lowest BCUT2D eigenvalue weighted by molar-refractivity contribution is 0.0875. The second-order valence-corrected chi connectivity index (χ2v) is 6.28. The van der Waals surface area contributed by atoms with Gasteiger partial charge in [0.15, 0.2) is 5.78 Å². The first-order chi connectivity index (χ1) is 8.24. The molecular formula is C15H22OS. The molecule has 0 saturated heterocycles. The zero-order valence-corrected chi connectivity index (χ0v) is 11.7. The van der Waals surface area contributed by atoms with Crippen LogP contribution in [0.15, 0.2) is 12.1 Å². The summed E-state index contributed by atoms with van der Waals surface area (Å²) in [6, 6.07) is 4.13. The first kappa shape index (κ1) is 12.8. The second kappa shape index (κ2) is 5.81. The molecule has 0 unspecified atom stereocenters. The Morgan fingerprint density at radius 2 is 1.94 bits per heavy atom. The number of thiophene rings is 1. The molecule has 17 heavy (non-hydrogen) atoms. The van der Waals surface area contributed by atoms with Crippen LogP contribution in [0.4, 0.5) is 0 Å². The van der Waals surface area contributed by atoms with E-state index in [4.69, 9.17) is 0 Å². The minimum absolute atomic E-state index is 0.307. The zero-order chi connectivity index (χ0) is 12.3. The number of ketones is 1. The van der Waals surface area contributed by atoms with Gasteiger partial charge in [0, 0.05) is 10.8 Å². The summed E-state index contributed by atoms with van der Waals surface area (Å²) >= 11 is 1.69. The molecule has 94 valence electrons. The fourth-order valence-electron chi connectivity index (χ4n) is 2.73. The van der Waals surface area contributed by atoms with Crippen LogP contribution in [0, 0.1) is 11.8 Å². The van der Waals surface area contributed by atoms with Crippen molar-refractivity contribution in [3.8, 4) is 0 Å². The highest BCUT2D eigenvalue weighted by molar-refractivity contribution is 7.14. The summed E-state index contributed by atoms with van der Waals surface area (Å²) in [5.74, 6) is 1.58. The van der Waals surface area contributed by atoms with Gasteiger partial charge in [-0.3, -0.25) is 4.79 Å². The molecule has 1 saturated carbocycles. The van der Waals surface area contributed by atoms with Crippen LogP contribution < -0.4 is 0 Å². The lowest BCUT2D eigenvalue weighted by Gasteiger charge is -2.26. The highest BCUT2D eigenvalue weighted by Crippen LogP contribution is 2.33. The molecule has 0 spiro atoms. The predicted molar refractivity (Wildman–Crippen MR) is 73.8 cm³/mol. The quantitative estimate of drug-likeness (QED) is 0.707. The molecule has 0 amide bonds. The molecule has 1 fully saturated rings. The Morgan fingerprint density at radius 3 is 2.47 bits per heavy atom. The molecule has 0 N–H and O–H groups in total. The van der Waals surface area contributed by atoms with Gasteiger partial charge in [-0.25, -0.2) is 0 Å². The van der Waals surface area contributed by atoms with Crippen molar-refractivity contribution in [3.05, 3.63) is 21.9 Å². The van der Waals surface area contributed by atoms with Gasteiger partial charge in [-0.2, -0.15) is 0 Å². The molecule has 1 aliphatic rings. The summed E-state index contributed by atoms with van der Waals surface area (Å²) in [6.45, 7) is 4.41. The maximum Gasteiger partial charge on any atom is 0.175 e. The minimum Gasteiger partial charge on any atom is -0.293 e. The Morgan fingerprint density at radius 1 is 1.24 bits per heavy atom. The summed E-state index contributed by atoms with van der Waals surface area (Å²) in [5, 5.41) is 0. The van der Waals surface area contributed by atoms with E-state index in [1.807, 2.05) is 6.07 Å². The molecule has 0 aliphatic heterocycles. The lowest BCUT2D eigenvalue weighted by atomic mass is 9.79. The van der Waals surface area contributed by atoms with E-state index in [0.29, 0.717) is 11.7 Å². The van der Waals surface area contributed by atoms with Crippen LogP contribution >= 0.6 is 11.3 Å². The van der Waals surface area contributed by atoms with Crippen LogP contribution in [-0.2, 0) is 6.42 Å². The maximum atomic E-state index is 12.3. The van der Waals surface area contributed by atoms with Crippen molar-refractivity contribution in [1.82, 2.24) is 0 Å². The number of aryl methyl sites for hydroxylation is 1. The minimum atomic E-state index is 0.307. The molecule has 2 rings (SSSR count). The maximum absolute atomic E-state index is 12.3. The molecule has 1 aromatic rings. The van der Waals surface area contributed by atoms with Gasteiger partial charge in [-0.1, -0.05) is 20.3 Å². The Hall–Kier alpha value is -0.630. The van der Waals surface area contributed by atoms with Crippen molar-refractivity contribution in [2.24, 2.45) is 11.8 Å². The number of hydrogen-bond acceptors (Lipinski definition) is 2. The van der Waals surface area contributed by atoms with Crippen LogP contribution in [0.3, 0.4) is 0 Å². The van der Waals surface area contributed by atoms with Gasteiger partial charge in [-0.15, -0.1) is 11.3 Å². The highest BCUT2D eigenvalue weighted by Gasteiger charge is 2.26. The van der Waals surface area contributed by atoms with Crippen LogP contribution in [-0.4, -0.2) is 5.78 Å². The van der Waals surface area contributed by atoms with E-state index in [-0.39, 0.29) is 0 Å². The molecule has 1 aliphatic carbocycles. The Labute approximate surface area is 108 Å². The molecule has 0 aromatic carbocycles. The molecule has 1 heterocycles. The molecule has 0 radical (unpaired) electrons. The highest BCUT2D eigenvalue weighted by atomic mass is 32.1. The standard InChI is InChI=1S/C15H22OS/c1-3-11-5-7-12(8-6-11)15(16)14-10-9-13(4-2)17-14/h9-12H,3-8H2,1-2H3. The molecule has 0 bridgehead atoms. The fourth-order valence-corrected chi connectivity index (χ4v) is 3.70. The van der Waals surface area contributed by atoms with E-state index >= 15 is 0 Å². The van der Waals surface area contributed by atoms with Gasteiger partial charge in [0.25, 0.3) is 0 Å². The number of carbonyl (C=O) groups excluding carboxylic acids is 1. The Balaban J connectivity index is 1.96. The van der Waals surface area contributed by atoms with Gasteiger partial charge in [0.05, 0.1) is 4.88 Å². The summed E-state index contributed by atoms with van der Waals surface area (Å²) in [4.78, 5) is 14.7. The summed E-state index contributed by atoms with van der Waals surface area (Å²) in [5.41, 5.74) is 0. The van der Waals surface area contributed by atoms with Crippen LogP contribution in [0.2, 0.25) is 0 Å². The van der Waals surface area contributed by atoms with Gasteiger partial charge in [-0.05, 0) is 50.2 Å². The lowest BCUT2D eigenvalue weighted by Crippen LogP contribution is -2.21. The third-order valence-electron chi connectivity index (χ3n) is 4.05. The van der Waals surface area contributed by atoms with E-state index in [1.54, 1.807) is 11.3 Å². The largest absolute Gasteiger partial charge is 0.293 e. The second-order valence-electron chi connectivity index (χ2n) is 5.11. The summed E-state index contributed by atoms with van der Waals surface area (Å²) < 4.78 is 0. The van der Waals surface area contributed by atoms with Crippen LogP contribution in [0.25, 0.3) is 0 Å². The molecule has 2 heteroatoms. The Bertz CT molecular complexity index is 372. The first-order valence-electron chi connectivity index (χ1n) is 6.87. The number of carbonyl (C=O) groups is 1. The van der Waals surface area contributed by atoms with E-state index in [1.165, 1.54) is 24.1 Å². The van der Waals surface area contributed by atoms with E-state index in [2.05, 4.69) is 19.9 Å². The fraction of sp³-hybridized carbons (Fsp3) is 0.667. The van der Waals surface area contributed by atoms with Gasteiger partial charge >= 0.3 is 0 Å². The van der Waals surface area contributed by atoms with Crippen molar-refractivity contribution in [2.45, 2.75) is 52.4 Å². The smallest absolute Gasteiger partial charge is 0.175 e. The third kappa shape index (κ3) is 2.98. The number of Topliss-reactive ketones (excluding diaryl/α,β-unsaturated/α-hetero) is 1. The molecular weight excluding hydrogens is 228 g/mol. The first-order valence-corrected chi connectivity index (χ1v) is 7.69. The van der Waals surface area contributed by atoms with Crippen molar-refractivity contribution in [3.63, 3.8) is 0 Å². The average Bonchev–Trinajstić information content (AvgIpc) is 2.87. The monoisotopic (exact) mass is 250 g/mol. The summed E-state index contributed by atoms with van der Waals surface area (Å²) in [6.07, 6.45) is 7.03. The van der Waals surface area contributed by atoms with Crippen LogP contribution in [0.1, 0.15) is 60.5 Å². The third-order valence-corrected chi connectivity index (χ3v) is 5.29. The normalized spacial score (nSPS) is 24.8. The van der Waals surface area contributed by atoms with Gasteiger partial charge < -0.3 is 0 Å². The van der Waals surface area contributed by atoms with Gasteiger partial charge in [0.2, 0.25) is 0 Å². The van der Waals surface area contributed by atoms with Crippen molar-refractivity contribution in [1.29, 1.82) is 0 Å².